The number of hydrogen-bond donors (Lipinski definition) is 1. The van der Waals surface area contributed by atoms with Gasteiger partial charge in [-0.1, -0.05) is 48.0 Å². The maximum absolute atomic E-state index is 12.9. The maximum atomic E-state index is 12.9. The Morgan fingerprint density at radius 1 is 1.25 bits per heavy atom. The van der Waals surface area contributed by atoms with Crippen LogP contribution in [0.2, 0.25) is 5.02 Å². The summed E-state index contributed by atoms with van der Waals surface area (Å²) in [5.74, 6) is -0.141. The van der Waals surface area contributed by atoms with Gasteiger partial charge >= 0.3 is 0 Å². The number of aromatic nitrogens is 2. The fraction of sp³-hybridized carbons (Fsp3) is 0.286. The summed E-state index contributed by atoms with van der Waals surface area (Å²) in [6.07, 6.45) is 0.790. The van der Waals surface area contributed by atoms with Gasteiger partial charge in [0.15, 0.2) is 5.16 Å². The highest BCUT2D eigenvalue weighted by Crippen LogP contribution is 2.25. The third-order valence-electron chi connectivity index (χ3n) is 4.30. The van der Waals surface area contributed by atoms with Crippen LogP contribution in [0, 0.1) is 6.92 Å². The van der Waals surface area contributed by atoms with Crippen molar-refractivity contribution in [3.8, 4) is 0 Å². The molecule has 0 saturated carbocycles. The van der Waals surface area contributed by atoms with Crippen molar-refractivity contribution in [3.63, 3.8) is 0 Å². The Morgan fingerprint density at radius 3 is 2.64 bits per heavy atom. The Kier molecular flexibility index (Phi) is 6.42. The third-order valence-corrected chi connectivity index (χ3v) is 5.63. The summed E-state index contributed by atoms with van der Waals surface area (Å²) in [7, 11) is 0. The largest absolute Gasteiger partial charge is 0.325 e. The summed E-state index contributed by atoms with van der Waals surface area (Å²) in [5, 5.41) is 4.05. The number of nitrogens with zero attached hydrogens (tertiary/aromatic N) is 2. The van der Waals surface area contributed by atoms with Crippen molar-refractivity contribution in [3.05, 3.63) is 63.4 Å². The highest BCUT2D eigenvalue weighted by Gasteiger charge is 2.19. The zero-order valence-electron chi connectivity index (χ0n) is 16.0. The lowest BCUT2D eigenvalue weighted by Gasteiger charge is -2.16. The second kappa shape index (κ2) is 8.80. The minimum absolute atomic E-state index is 0.114. The average molecular weight is 416 g/mol. The van der Waals surface area contributed by atoms with Gasteiger partial charge < -0.3 is 5.32 Å². The summed E-state index contributed by atoms with van der Waals surface area (Å²) in [4.78, 5) is 30.1. The van der Waals surface area contributed by atoms with E-state index in [1.165, 1.54) is 11.8 Å². The smallest absolute Gasteiger partial charge is 0.262 e. The fourth-order valence-corrected chi connectivity index (χ4v) is 3.88. The molecule has 0 aliphatic heterocycles. The van der Waals surface area contributed by atoms with E-state index in [1.807, 2.05) is 38.1 Å². The monoisotopic (exact) mass is 415 g/mol. The molecule has 1 N–H and O–H groups in total. The lowest BCUT2D eigenvalue weighted by atomic mass is 10.2. The van der Waals surface area contributed by atoms with E-state index >= 15 is 0 Å². The normalized spacial score (nSPS) is 12.1. The van der Waals surface area contributed by atoms with E-state index in [-0.39, 0.29) is 11.5 Å². The molecule has 1 amide bonds. The molecule has 1 atom stereocenters. The van der Waals surface area contributed by atoms with Gasteiger partial charge in [0, 0.05) is 17.3 Å². The molecule has 0 spiro atoms. The van der Waals surface area contributed by atoms with Crippen molar-refractivity contribution in [2.24, 2.45) is 0 Å². The van der Waals surface area contributed by atoms with Crippen LogP contribution in [0.4, 0.5) is 5.69 Å². The molecule has 1 heterocycles. The number of hydrogen-bond acceptors (Lipinski definition) is 4. The van der Waals surface area contributed by atoms with Crippen LogP contribution in [0.1, 0.15) is 25.8 Å². The van der Waals surface area contributed by atoms with Crippen LogP contribution in [0.5, 0.6) is 0 Å². The third kappa shape index (κ3) is 4.56. The van der Waals surface area contributed by atoms with E-state index in [0.717, 1.165) is 17.7 Å². The number of aryl methyl sites for hydroxylation is 1. The second-order valence-corrected chi connectivity index (χ2v) is 8.37. The molecule has 0 saturated heterocycles. The van der Waals surface area contributed by atoms with E-state index < -0.39 is 5.25 Å². The van der Waals surface area contributed by atoms with Crippen molar-refractivity contribution in [1.29, 1.82) is 0 Å². The molecular weight excluding hydrogens is 394 g/mol. The Bertz CT molecular complexity index is 1060. The van der Waals surface area contributed by atoms with E-state index in [9.17, 15) is 9.59 Å². The van der Waals surface area contributed by atoms with Gasteiger partial charge in [-0.05, 0) is 50.6 Å². The quantitative estimate of drug-likeness (QED) is 0.460. The van der Waals surface area contributed by atoms with Crippen molar-refractivity contribution in [2.75, 3.05) is 5.32 Å². The van der Waals surface area contributed by atoms with Crippen LogP contribution in [-0.4, -0.2) is 20.7 Å². The first-order chi connectivity index (χ1) is 13.4. The molecule has 3 aromatic rings. The van der Waals surface area contributed by atoms with Crippen LogP contribution in [-0.2, 0) is 11.3 Å². The Balaban J connectivity index is 1.89. The number of rotatable bonds is 6. The van der Waals surface area contributed by atoms with E-state index in [0.29, 0.717) is 27.6 Å². The zero-order valence-corrected chi connectivity index (χ0v) is 17.6. The highest BCUT2D eigenvalue weighted by atomic mass is 35.5. The van der Waals surface area contributed by atoms with Crippen molar-refractivity contribution < 1.29 is 4.79 Å². The number of carbonyl (C=O) groups excluding carboxylic acids is 1. The van der Waals surface area contributed by atoms with E-state index in [2.05, 4.69) is 10.3 Å². The molecule has 3 rings (SSSR count). The van der Waals surface area contributed by atoms with E-state index in [4.69, 9.17) is 11.6 Å². The summed E-state index contributed by atoms with van der Waals surface area (Å²) in [6, 6.07) is 12.7. The molecule has 1 aromatic heterocycles. The standard InChI is InChI=1S/C21H22ClN3O2S/c1-4-11-25-20(27)17-10-7-15(22)12-18(17)24-21(25)28-14(3)19(26)23-16-8-5-13(2)6-9-16/h5-10,12,14H,4,11H2,1-3H3,(H,23,26)/t14-/m1/s1. The predicted molar refractivity (Wildman–Crippen MR) is 116 cm³/mol. The summed E-state index contributed by atoms with van der Waals surface area (Å²) < 4.78 is 1.64. The van der Waals surface area contributed by atoms with Crippen LogP contribution in [0.3, 0.4) is 0 Å². The van der Waals surface area contributed by atoms with Crippen molar-refractivity contribution in [2.45, 2.75) is 44.1 Å². The van der Waals surface area contributed by atoms with Crippen LogP contribution >= 0.6 is 23.4 Å². The molecule has 0 unspecified atom stereocenters. The van der Waals surface area contributed by atoms with Gasteiger partial charge in [0.1, 0.15) is 0 Å². The van der Waals surface area contributed by atoms with Gasteiger partial charge in [-0.25, -0.2) is 4.98 Å². The van der Waals surface area contributed by atoms with Gasteiger partial charge in [0.2, 0.25) is 5.91 Å². The van der Waals surface area contributed by atoms with Crippen molar-refractivity contribution >= 4 is 45.9 Å². The summed E-state index contributed by atoms with van der Waals surface area (Å²) >= 11 is 7.33. The topological polar surface area (TPSA) is 64.0 Å². The number of carbonyl (C=O) groups is 1. The lowest BCUT2D eigenvalue weighted by Crippen LogP contribution is -2.27. The molecule has 0 aliphatic carbocycles. The van der Waals surface area contributed by atoms with Crippen LogP contribution in [0.25, 0.3) is 10.9 Å². The summed E-state index contributed by atoms with van der Waals surface area (Å²) in [6.45, 7) is 6.34. The van der Waals surface area contributed by atoms with Gasteiger partial charge in [-0.15, -0.1) is 0 Å². The first-order valence-electron chi connectivity index (χ1n) is 9.13. The molecule has 146 valence electrons. The lowest BCUT2D eigenvalue weighted by molar-refractivity contribution is -0.115. The van der Waals surface area contributed by atoms with Crippen LogP contribution < -0.4 is 10.9 Å². The number of anilines is 1. The van der Waals surface area contributed by atoms with Gasteiger partial charge in [-0.2, -0.15) is 0 Å². The van der Waals surface area contributed by atoms with Crippen molar-refractivity contribution in [1.82, 2.24) is 9.55 Å². The zero-order chi connectivity index (χ0) is 20.3. The number of nitrogens with one attached hydrogen (secondary N) is 1. The Hall–Kier alpha value is -2.31. The van der Waals surface area contributed by atoms with Crippen LogP contribution in [0.15, 0.2) is 52.4 Å². The molecule has 7 heteroatoms. The number of fused-ring (bicyclic) bond motifs is 1. The first-order valence-corrected chi connectivity index (χ1v) is 10.4. The summed E-state index contributed by atoms with van der Waals surface area (Å²) in [5.41, 5.74) is 2.30. The second-order valence-electron chi connectivity index (χ2n) is 6.63. The number of halogens is 1. The SMILES string of the molecule is CCCn1c(S[C@H](C)C(=O)Nc2ccc(C)cc2)nc2cc(Cl)ccc2c1=O. The van der Waals surface area contributed by atoms with Gasteiger partial charge in [-0.3, -0.25) is 14.2 Å². The molecule has 0 aliphatic rings. The molecule has 0 radical (unpaired) electrons. The maximum Gasteiger partial charge on any atom is 0.262 e. The number of benzene rings is 2. The molecular formula is C21H22ClN3O2S. The highest BCUT2D eigenvalue weighted by molar-refractivity contribution is 8.00. The number of amides is 1. The van der Waals surface area contributed by atoms with E-state index in [1.54, 1.807) is 29.7 Å². The minimum atomic E-state index is -0.423. The molecule has 0 fully saturated rings. The van der Waals surface area contributed by atoms with Gasteiger partial charge in [0.25, 0.3) is 5.56 Å². The Labute approximate surface area is 173 Å². The fourth-order valence-electron chi connectivity index (χ4n) is 2.78. The predicted octanol–water partition coefficient (Wildman–Crippen LogP) is 4.89. The molecule has 0 bridgehead atoms. The number of thioether (sulfide) groups is 1. The molecule has 2 aromatic carbocycles. The first kappa shape index (κ1) is 20.4. The molecule has 28 heavy (non-hydrogen) atoms. The molecule has 5 nitrogen and oxygen atoms in total. The Morgan fingerprint density at radius 2 is 1.96 bits per heavy atom. The minimum Gasteiger partial charge on any atom is -0.325 e. The van der Waals surface area contributed by atoms with Gasteiger partial charge in [0.05, 0.1) is 16.2 Å². The average Bonchev–Trinajstić information content (AvgIpc) is 2.66.